The molecule has 0 saturated carbocycles. The maximum atomic E-state index is 12.9. The lowest BCUT2D eigenvalue weighted by atomic mass is 9.95. The van der Waals surface area contributed by atoms with Crippen molar-refractivity contribution in [1.29, 1.82) is 0 Å². The number of hydrogen-bond donors (Lipinski definition) is 3. The molecular formula is C20H34ClN3O5. The van der Waals surface area contributed by atoms with Gasteiger partial charge in [0.25, 0.3) is 0 Å². The number of ether oxygens (including phenoxy) is 1. The molecule has 0 radical (unpaired) electrons. The first-order valence-electron chi connectivity index (χ1n) is 10.1. The summed E-state index contributed by atoms with van der Waals surface area (Å²) in [6, 6.07) is -1.73. The first kappa shape index (κ1) is 25.2. The highest BCUT2D eigenvalue weighted by Crippen LogP contribution is 2.18. The van der Waals surface area contributed by atoms with Gasteiger partial charge in [-0.05, 0) is 52.4 Å². The van der Waals surface area contributed by atoms with Crippen LogP contribution in [-0.4, -0.2) is 53.8 Å². The third-order valence-corrected chi connectivity index (χ3v) is 4.82. The van der Waals surface area contributed by atoms with Gasteiger partial charge in [-0.25, -0.2) is 4.79 Å². The molecular weight excluding hydrogens is 398 g/mol. The minimum absolute atomic E-state index is 0.130. The van der Waals surface area contributed by atoms with E-state index in [1.165, 1.54) is 0 Å². The van der Waals surface area contributed by atoms with Gasteiger partial charge < -0.3 is 20.7 Å². The van der Waals surface area contributed by atoms with Gasteiger partial charge in [-0.1, -0.05) is 13.8 Å². The van der Waals surface area contributed by atoms with Crippen LogP contribution in [0.3, 0.4) is 0 Å². The summed E-state index contributed by atoms with van der Waals surface area (Å²) in [6.45, 7) is 9.78. The fraction of sp³-hybridized carbons (Fsp3) is 0.800. The Kier molecular flexibility index (Phi) is 9.89. The Labute approximate surface area is 177 Å². The molecule has 1 heterocycles. The topological polar surface area (TPSA) is 114 Å². The summed E-state index contributed by atoms with van der Waals surface area (Å²) in [6.07, 6.45) is 1.19. The molecule has 3 N–H and O–H groups in total. The molecule has 3 amide bonds. The first-order valence-corrected chi connectivity index (χ1v) is 10.6. The number of alkyl halides is 1. The Hall–Kier alpha value is -1.83. The number of hydrogen-bond acceptors (Lipinski definition) is 5. The van der Waals surface area contributed by atoms with Crippen molar-refractivity contribution < 1.29 is 23.9 Å². The van der Waals surface area contributed by atoms with Gasteiger partial charge in [-0.3, -0.25) is 14.4 Å². The molecule has 1 rings (SSSR count). The van der Waals surface area contributed by atoms with Gasteiger partial charge in [0.05, 0.1) is 11.9 Å². The smallest absolute Gasteiger partial charge is 0.408 e. The van der Waals surface area contributed by atoms with Gasteiger partial charge in [0.1, 0.15) is 11.6 Å². The quantitative estimate of drug-likeness (QED) is 0.458. The van der Waals surface area contributed by atoms with E-state index in [1.54, 1.807) is 20.8 Å². The highest BCUT2D eigenvalue weighted by Gasteiger charge is 2.33. The van der Waals surface area contributed by atoms with Crippen LogP contribution in [0, 0.1) is 11.8 Å². The summed E-state index contributed by atoms with van der Waals surface area (Å²) in [5.41, 5.74) is -0.698. The summed E-state index contributed by atoms with van der Waals surface area (Å²) in [5, 5.41) is 8.00. The van der Waals surface area contributed by atoms with E-state index in [-0.39, 0.29) is 29.9 Å². The monoisotopic (exact) mass is 431 g/mol. The van der Waals surface area contributed by atoms with Gasteiger partial charge in [-0.15, -0.1) is 11.6 Å². The van der Waals surface area contributed by atoms with Crippen molar-refractivity contribution in [3.63, 3.8) is 0 Å². The third kappa shape index (κ3) is 9.47. The standard InChI is InChI=1S/C20H34ClN3O5/c1-12(2)6-7-14(24-19(28)29-20(3,4)5)18(27)23-15(16(25)11-21)10-13-8-9-22-17(13)26/h12-15H,6-11H2,1-5H3,(H,22,26)(H,23,27)(H,24,28)/t13-,14-,15-/m0/s1. The van der Waals surface area contributed by atoms with E-state index in [0.29, 0.717) is 31.7 Å². The number of carbonyl (C=O) groups excluding carboxylic acids is 4. The molecule has 29 heavy (non-hydrogen) atoms. The van der Waals surface area contributed by atoms with E-state index >= 15 is 0 Å². The van der Waals surface area contributed by atoms with Gasteiger partial charge in [0, 0.05) is 12.5 Å². The van der Waals surface area contributed by atoms with E-state index in [9.17, 15) is 19.2 Å². The van der Waals surface area contributed by atoms with Gasteiger partial charge in [0.15, 0.2) is 5.78 Å². The summed E-state index contributed by atoms with van der Waals surface area (Å²) in [5.74, 6) is -1.27. The number of halogens is 1. The molecule has 9 heteroatoms. The maximum Gasteiger partial charge on any atom is 0.408 e. The zero-order chi connectivity index (χ0) is 22.2. The Balaban J connectivity index is 2.85. The van der Waals surface area contributed by atoms with Crippen LogP contribution in [0.2, 0.25) is 0 Å². The molecule has 1 fully saturated rings. The van der Waals surface area contributed by atoms with Crippen molar-refractivity contribution in [3.05, 3.63) is 0 Å². The van der Waals surface area contributed by atoms with Crippen molar-refractivity contribution in [3.8, 4) is 0 Å². The van der Waals surface area contributed by atoms with Crippen LogP contribution in [-0.2, 0) is 19.1 Å². The molecule has 0 aromatic rings. The maximum absolute atomic E-state index is 12.9. The van der Waals surface area contributed by atoms with Crippen molar-refractivity contribution >= 4 is 35.3 Å². The Morgan fingerprint density at radius 2 is 1.83 bits per heavy atom. The molecule has 3 atom stereocenters. The lowest BCUT2D eigenvalue weighted by molar-refractivity contribution is -0.129. The molecule has 0 spiro atoms. The van der Waals surface area contributed by atoms with Gasteiger partial charge in [0.2, 0.25) is 11.8 Å². The van der Waals surface area contributed by atoms with Crippen LogP contribution in [0.25, 0.3) is 0 Å². The van der Waals surface area contributed by atoms with Crippen LogP contribution in [0.1, 0.15) is 60.3 Å². The summed E-state index contributed by atoms with van der Waals surface area (Å²) >= 11 is 5.70. The van der Waals surface area contributed by atoms with Crippen LogP contribution in [0.15, 0.2) is 0 Å². The molecule has 166 valence electrons. The van der Waals surface area contributed by atoms with E-state index < -0.39 is 29.7 Å². The highest BCUT2D eigenvalue weighted by atomic mass is 35.5. The molecule has 0 aliphatic carbocycles. The zero-order valence-corrected chi connectivity index (χ0v) is 18.7. The Bertz CT molecular complexity index is 603. The minimum atomic E-state index is -0.879. The van der Waals surface area contributed by atoms with Crippen molar-refractivity contribution in [2.75, 3.05) is 12.4 Å². The minimum Gasteiger partial charge on any atom is -0.444 e. The number of ketones is 1. The fourth-order valence-corrected chi connectivity index (χ4v) is 3.20. The SMILES string of the molecule is CC(C)CC[C@H](NC(=O)OC(C)(C)C)C(=O)N[C@@H](C[C@@H]1CCNC1=O)C(=O)CCl. The van der Waals surface area contributed by atoms with Crippen molar-refractivity contribution in [2.24, 2.45) is 11.8 Å². The largest absolute Gasteiger partial charge is 0.444 e. The normalized spacial score (nSPS) is 18.7. The van der Waals surface area contributed by atoms with Crippen LogP contribution >= 0.6 is 11.6 Å². The van der Waals surface area contributed by atoms with E-state index in [4.69, 9.17) is 16.3 Å². The van der Waals surface area contributed by atoms with Crippen LogP contribution < -0.4 is 16.0 Å². The second-order valence-electron chi connectivity index (χ2n) is 8.84. The van der Waals surface area contributed by atoms with Crippen LogP contribution in [0.5, 0.6) is 0 Å². The molecule has 8 nitrogen and oxygen atoms in total. The Morgan fingerprint density at radius 3 is 2.31 bits per heavy atom. The number of alkyl carbamates (subject to hydrolysis) is 1. The average molecular weight is 432 g/mol. The van der Waals surface area contributed by atoms with Crippen molar-refractivity contribution in [1.82, 2.24) is 16.0 Å². The molecule has 1 aliphatic rings. The second-order valence-corrected chi connectivity index (χ2v) is 9.11. The summed E-state index contributed by atoms with van der Waals surface area (Å²) < 4.78 is 5.25. The summed E-state index contributed by atoms with van der Waals surface area (Å²) in [4.78, 5) is 49.1. The predicted octanol–water partition coefficient (Wildman–Crippen LogP) is 2.13. The van der Waals surface area contributed by atoms with Gasteiger partial charge in [-0.2, -0.15) is 0 Å². The molecule has 0 unspecified atom stereocenters. The average Bonchev–Trinajstić information content (AvgIpc) is 3.00. The van der Waals surface area contributed by atoms with Crippen molar-refractivity contribution in [2.45, 2.75) is 78.0 Å². The third-order valence-electron chi connectivity index (χ3n) is 4.56. The van der Waals surface area contributed by atoms with E-state index in [2.05, 4.69) is 16.0 Å². The molecule has 1 aliphatic heterocycles. The molecule has 1 saturated heterocycles. The summed E-state index contributed by atoms with van der Waals surface area (Å²) in [7, 11) is 0. The highest BCUT2D eigenvalue weighted by molar-refractivity contribution is 6.28. The lowest BCUT2D eigenvalue weighted by Crippen LogP contribution is -2.53. The van der Waals surface area contributed by atoms with Crippen LogP contribution in [0.4, 0.5) is 4.79 Å². The Morgan fingerprint density at radius 1 is 1.17 bits per heavy atom. The predicted molar refractivity (Wildman–Crippen MR) is 111 cm³/mol. The van der Waals surface area contributed by atoms with E-state index in [0.717, 1.165) is 0 Å². The van der Waals surface area contributed by atoms with Gasteiger partial charge >= 0.3 is 6.09 Å². The number of nitrogens with one attached hydrogen (secondary N) is 3. The molecule has 0 bridgehead atoms. The molecule has 0 aromatic heterocycles. The number of amides is 3. The first-order chi connectivity index (χ1) is 13.4. The number of Topliss-reactive ketones (excluding diaryl/α,β-unsaturated/α-hetero) is 1. The second kappa shape index (κ2) is 11.4. The number of rotatable bonds is 10. The lowest BCUT2D eigenvalue weighted by Gasteiger charge is -2.26. The number of carbonyl (C=O) groups is 4. The zero-order valence-electron chi connectivity index (χ0n) is 18.0. The molecule has 0 aromatic carbocycles. The van der Waals surface area contributed by atoms with E-state index in [1.807, 2.05) is 13.8 Å². The fourth-order valence-electron chi connectivity index (χ4n) is 3.01.